The zero-order valence-corrected chi connectivity index (χ0v) is 10.1. The van der Waals surface area contributed by atoms with Crippen molar-refractivity contribution in [1.82, 2.24) is 9.97 Å². The Kier molecular flexibility index (Phi) is 4.65. The zero-order chi connectivity index (χ0) is 11.9. The predicted octanol–water partition coefficient (Wildman–Crippen LogP) is 3.46. The van der Waals surface area contributed by atoms with Crippen LogP contribution in [0, 0.1) is 0 Å². The standard InChI is InChI=1S/C9H13N.C5H5N/c1-9(2,3)8-4-6-10-7-5-8;1-2-4-6-5-3-1/h4-7H,1-3H3;1-5H. The van der Waals surface area contributed by atoms with Crippen LogP contribution >= 0.6 is 0 Å². The Hall–Kier alpha value is -1.70. The fraction of sp³-hybridized carbons (Fsp3) is 0.286. The summed E-state index contributed by atoms with van der Waals surface area (Å²) in [6.45, 7) is 6.59. The van der Waals surface area contributed by atoms with Gasteiger partial charge in [-0.2, -0.15) is 0 Å². The lowest BCUT2D eigenvalue weighted by molar-refractivity contribution is 0.589. The van der Waals surface area contributed by atoms with Crippen LogP contribution in [-0.2, 0) is 5.41 Å². The molecule has 0 atom stereocenters. The van der Waals surface area contributed by atoms with Gasteiger partial charge in [0.2, 0.25) is 0 Å². The van der Waals surface area contributed by atoms with Gasteiger partial charge in [-0.15, -0.1) is 0 Å². The molecule has 0 aliphatic carbocycles. The summed E-state index contributed by atoms with van der Waals surface area (Å²) in [6.07, 6.45) is 7.17. The van der Waals surface area contributed by atoms with Crippen LogP contribution in [-0.4, -0.2) is 9.97 Å². The first-order valence-corrected chi connectivity index (χ1v) is 5.36. The molecule has 2 rings (SSSR count). The quantitative estimate of drug-likeness (QED) is 0.671. The molecule has 0 fully saturated rings. The van der Waals surface area contributed by atoms with E-state index < -0.39 is 0 Å². The fourth-order valence-corrected chi connectivity index (χ4v) is 1.16. The van der Waals surface area contributed by atoms with Crippen molar-refractivity contribution >= 4 is 0 Å². The van der Waals surface area contributed by atoms with Crippen molar-refractivity contribution < 1.29 is 0 Å². The maximum atomic E-state index is 3.96. The van der Waals surface area contributed by atoms with Crippen molar-refractivity contribution in [2.75, 3.05) is 0 Å². The highest BCUT2D eigenvalue weighted by atomic mass is 14.6. The highest BCUT2D eigenvalue weighted by molar-refractivity contribution is 5.18. The third-order valence-electron chi connectivity index (χ3n) is 2.11. The lowest BCUT2D eigenvalue weighted by Crippen LogP contribution is -2.10. The van der Waals surface area contributed by atoms with E-state index in [0.717, 1.165) is 0 Å². The van der Waals surface area contributed by atoms with E-state index in [1.165, 1.54) is 5.56 Å². The molecular formula is C14H18N2. The van der Waals surface area contributed by atoms with E-state index in [9.17, 15) is 0 Å². The fourth-order valence-electron chi connectivity index (χ4n) is 1.16. The van der Waals surface area contributed by atoms with E-state index in [1.54, 1.807) is 12.4 Å². The molecule has 84 valence electrons. The molecule has 0 amide bonds. The minimum Gasteiger partial charge on any atom is -0.265 e. The second-order valence-corrected chi connectivity index (χ2v) is 4.51. The number of hydrogen-bond acceptors (Lipinski definition) is 2. The Balaban J connectivity index is 0.000000181. The molecule has 0 aliphatic rings. The summed E-state index contributed by atoms with van der Waals surface area (Å²) in [5.74, 6) is 0. The van der Waals surface area contributed by atoms with E-state index in [2.05, 4.69) is 42.9 Å². The van der Waals surface area contributed by atoms with Crippen molar-refractivity contribution in [2.45, 2.75) is 26.2 Å². The van der Waals surface area contributed by atoms with Crippen LogP contribution in [0.5, 0.6) is 0 Å². The summed E-state index contributed by atoms with van der Waals surface area (Å²) < 4.78 is 0. The van der Waals surface area contributed by atoms with Gasteiger partial charge in [0, 0.05) is 24.8 Å². The van der Waals surface area contributed by atoms with Gasteiger partial charge in [-0.1, -0.05) is 26.8 Å². The molecule has 0 bridgehead atoms. The topological polar surface area (TPSA) is 25.8 Å². The van der Waals surface area contributed by atoms with E-state index in [-0.39, 0.29) is 5.41 Å². The summed E-state index contributed by atoms with van der Waals surface area (Å²) in [7, 11) is 0. The van der Waals surface area contributed by atoms with E-state index in [4.69, 9.17) is 0 Å². The molecule has 0 saturated carbocycles. The van der Waals surface area contributed by atoms with Crippen LogP contribution in [0.2, 0.25) is 0 Å². The average molecular weight is 214 g/mol. The van der Waals surface area contributed by atoms with E-state index in [1.807, 2.05) is 30.6 Å². The molecule has 2 aromatic rings. The van der Waals surface area contributed by atoms with Gasteiger partial charge in [-0.3, -0.25) is 9.97 Å². The Morgan fingerprint density at radius 3 is 1.50 bits per heavy atom. The van der Waals surface area contributed by atoms with E-state index >= 15 is 0 Å². The summed E-state index contributed by atoms with van der Waals surface area (Å²) in [6, 6.07) is 9.83. The molecule has 2 nitrogen and oxygen atoms in total. The third-order valence-corrected chi connectivity index (χ3v) is 2.11. The molecule has 2 heterocycles. The van der Waals surface area contributed by atoms with Crippen molar-refractivity contribution in [2.24, 2.45) is 0 Å². The second-order valence-electron chi connectivity index (χ2n) is 4.51. The van der Waals surface area contributed by atoms with Gasteiger partial charge in [0.25, 0.3) is 0 Å². The highest BCUT2D eigenvalue weighted by Crippen LogP contribution is 2.20. The minimum absolute atomic E-state index is 0.253. The van der Waals surface area contributed by atoms with Gasteiger partial charge in [-0.05, 0) is 35.2 Å². The van der Waals surface area contributed by atoms with Crippen molar-refractivity contribution in [3.63, 3.8) is 0 Å². The van der Waals surface area contributed by atoms with Gasteiger partial charge in [0.1, 0.15) is 0 Å². The van der Waals surface area contributed by atoms with Crippen LogP contribution in [0.15, 0.2) is 55.1 Å². The minimum atomic E-state index is 0.253. The molecule has 2 aromatic heterocycles. The lowest BCUT2D eigenvalue weighted by atomic mass is 9.88. The monoisotopic (exact) mass is 214 g/mol. The first-order chi connectivity index (χ1) is 7.61. The molecule has 0 aliphatic heterocycles. The van der Waals surface area contributed by atoms with Crippen molar-refractivity contribution in [3.05, 3.63) is 60.7 Å². The van der Waals surface area contributed by atoms with Crippen LogP contribution < -0.4 is 0 Å². The first kappa shape index (κ1) is 12.4. The second kappa shape index (κ2) is 6.01. The molecule has 0 spiro atoms. The van der Waals surface area contributed by atoms with Crippen LogP contribution in [0.4, 0.5) is 0 Å². The van der Waals surface area contributed by atoms with Gasteiger partial charge in [0.05, 0.1) is 0 Å². The molecular weight excluding hydrogens is 196 g/mol. The normalized spacial score (nSPS) is 10.2. The molecule has 0 saturated heterocycles. The Bertz CT molecular complexity index is 350. The number of hydrogen-bond donors (Lipinski definition) is 0. The molecule has 2 heteroatoms. The number of pyridine rings is 2. The maximum Gasteiger partial charge on any atom is 0.0270 e. The summed E-state index contributed by atoms with van der Waals surface area (Å²) in [5, 5.41) is 0. The van der Waals surface area contributed by atoms with Gasteiger partial charge < -0.3 is 0 Å². The Morgan fingerprint density at radius 2 is 1.25 bits per heavy atom. The summed E-state index contributed by atoms with van der Waals surface area (Å²) in [5.41, 5.74) is 1.59. The Labute approximate surface area is 97.4 Å². The maximum absolute atomic E-state index is 3.96. The van der Waals surface area contributed by atoms with Gasteiger partial charge >= 0.3 is 0 Å². The molecule has 0 aromatic carbocycles. The summed E-state index contributed by atoms with van der Waals surface area (Å²) in [4.78, 5) is 7.74. The Morgan fingerprint density at radius 1 is 0.750 bits per heavy atom. The molecule has 0 radical (unpaired) electrons. The van der Waals surface area contributed by atoms with Crippen LogP contribution in [0.3, 0.4) is 0 Å². The number of nitrogens with zero attached hydrogens (tertiary/aromatic N) is 2. The van der Waals surface area contributed by atoms with Crippen molar-refractivity contribution in [1.29, 1.82) is 0 Å². The number of aromatic nitrogens is 2. The van der Waals surface area contributed by atoms with Crippen LogP contribution in [0.25, 0.3) is 0 Å². The first-order valence-electron chi connectivity index (χ1n) is 5.36. The lowest BCUT2D eigenvalue weighted by Gasteiger charge is -2.17. The highest BCUT2D eigenvalue weighted by Gasteiger charge is 2.11. The SMILES string of the molecule is CC(C)(C)c1ccncc1.c1ccncc1. The summed E-state index contributed by atoms with van der Waals surface area (Å²) >= 11 is 0. The largest absolute Gasteiger partial charge is 0.265 e. The average Bonchev–Trinajstić information content (AvgIpc) is 2.32. The van der Waals surface area contributed by atoms with Crippen molar-refractivity contribution in [3.8, 4) is 0 Å². The van der Waals surface area contributed by atoms with Crippen LogP contribution in [0.1, 0.15) is 26.3 Å². The van der Waals surface area contributed by atoms with Gasteiger partial charge in [0.15, 0.2) is 0 Å². The smallest absolute Gasteiger partial charge is 0.0270 e. The predicted molar refractivity (Wildman–Crippen MR) is 67.2 cm³/mol. The van der Waals surface area contributed by atoms with Gasteiger partial charge in [-0.25, -0.2) is 0 Å². The molecule has 0 N–H and O–H groups in total. The zero-order valence-electron chi connectivity index (χ0n) is 10.1. The third kappa shape index (κ3) is 4.69. The number of rotatable bonds is 0. The van der Waals surface area contributed by atoms with E-state index in [0.29, 0.717) is 0 Å². The molecule has 16 heavy (non-hydrogen) atoms. The molecule has 0 unspecified atom stereocenters.